The third-order valence-electron chi connectivity index (χ3n) is 2.62. The third kappa shape index (κ3) is 1.52. The van der Waals surface area contributed by atoms with E-state index in [4.69, 9.17) is 5.73 Å². The van der Waals surface area contributed by atoms with Crippen LogP contribution >= 0.6 is 0 Å². The van der Waals surface area contributed by atoms with Crippen LogP contribution in [-0.4, -0.2) is 15.2 Å². The smallest absolute Gasteiger partial charge is 0.153 e. The van der Waals surface area contributed by atoms with Gasteiger partial charge in [0, 0.05) is 17.1 Å². The summed E-state index contributed by atoms with van der Waals surface area (Å²) in [6.45, 7) is 0. The van der Waals surface area contributed by atoms with E-state index in [1.165, 1.54) is 6.07 Å². The number of nitrogens with one attached hydrogen (secondary N) is 1. The molecule has 0 radical (unpaired) electrons. The number of H-pyrrole nitrogens is 1. The summed E-state index contributed by atoms with van der Waals surface area (Å²) < 4.78 is 13.6. The number of rotatable bonds is 1. The Labute approximate surface area is 96.3 Å². The van der Waals surface area contributed by atoms with E-state index in [2.05, 4.69) is 15.2 Å². The SMILES string of the molecule is Nc1n[nH]c2ccc(-c3ncccc3F)cc12. The molecule has 17 heavy (non-hydrogen) atoms. The largest absolute Gasteiger partial charge is 0.382 e. The molecule has 2 heterocycles. The molecule has 0 saturated carbocycles. The molecular formula is C12H9FN4. The molecule has 0 aliphatic heterocycles. The van der Waals surface area contributed by atoms with Gasteiger partial charge in [-0.05, 0) is 24.3 Å². The van der Waals surface area contributed by atoms with E-state index in [0.717, 1.165) is 10.9 Å². The molecule has 0 spiro atoms. The van der Waals surface area contributed by atoms with Gasteiger partial charge < -0.3 is 5.73 Å². The second-order valence-corrected chi connectivity index (χ2v) is 3.70. The van der Waals surface area contributed by atoms with E-state index in [0.29, 0.717) is 17.1 Å². The van der Waals surface area contributed by atoms with Gasteiger partial charge in [0.2, 0.25) is 0 Å². The number of hydrogen-bond acceptors (Lipinski definition) is 3. The Morgan fingerprint density at radius 1 is 1.24 bits per heavy atom. The van der Waals surface area contributed by atoms with Gasteiger partial charge >= 0.3 is 0 Å². The Kier molecular flexibility index (Phi) is 2.04. The second kappa shape index (κ2) is 3.55. The number of benzene rings is 1. The highest BCUT2D eigenvalue weighted by Gasteiger charge is 2.08. The summed E-state index contributed by atoms with van der Waals surface area (Å²) in [7, 11) is 0. The lowest BCUT2D eigenvalue weighted by Gasteiger charge is -2.02. The summed E-state index contributed by atoms with van der Waals surface area (Å²) in [5.41, 5.74) is 7.53. The molecule has 84 valence electrons. The Morgan fingerprint density at radius 3 is 2.94 bits per heavy atom. The highest BCUT2D eigenvalue weighted by molar-refractivity contribution is 5.91. The van der Waals surface area contributed by atoms with Crippen molar-refractivity contribution in [3.8, 4) is 11.3 Å². The molecule has 0 aliphatic carbocycles. The zero-order valence-corrected chi connectivity index (χ0v) is 8.81. The number of hydrogen-bond donors (Lipinski definition) is 2. The van der Waals surface area contributed by atoms with Crippen molar-refractivity contribution in [3.63, 3.8) is 0 Å². The first kappa shape index (κ1) is 9.77. The van der Waals surface area contributed by atoms with E-state index in [1.807, 2.05) is 6.07 Å². The van der Waals surface area contributed by atoms with Crippen molar-refractivity contribution in [1.29, 1.82) is 0 Å². The van der Waals surface area contributed by atoms with Crippen LogP contribution in [-0.2, 0) is 0 Å². The first-order valence-electron chi connectivity index (χ1n) is 5.10. The van der Waals surface area contributed by atoms with Crippen LogP contribution in [0.1, 0.15) is 0 Å². The summed E-state index contributed by atoms with van der Waals surface area (Å²) in [5.74, 6) is 0.0482. The molecule has 0 atom stereocenters. The van der Waals surface area contributed by atoms with Crippen molar-refractivity contribution in [2.75, 3.05) is 5.73 Å². The highest BCUT2D eigenvalue weighted by Crippen LogP contribution is 2.26. The molecule has 0 saturated heterocycles. The fraction of sp³-hybridized carbons (Fsp3) is 0. The maximum absolute atomic E-state index is 13.6. The van der Waals surface area contributed by atoms with Gasteiger partial charge in [-0.1, -0.05) is 6.07 Å². The molecule has 4 nitrogen and oxygen atoms in total. The molecule has 5 heteroatoms. The third-order valence-corrected chi connectivity index (χ3v) is 2.62. The average molecular weight is 228 g/mol. The molecule has 0 unspecified atom stereocenters. The summed E-state index contributed by atoms with van der Waals surface area (Å²) >= 11 is 0. The number of halogens is 1. The Balaban J connectivity index is 2.24. The van der Waals surface area contributed by atoms with Gasteiger partial charge in [-0.25, -0.2) is 4.39 Å². The van der Waals surface area contributed by atoms with Crippen molar-refractivity contribution in [3.05, 3.63) is 42.3 Å². The van der Waals surface area contributed by atoms with Crippen LogP contribution < -0.4 is 5.73 Å². The summed E-state index contributed by atoms with van der Waals surface area (Å²) in [4.78, 5) is 4.02. The molecule has 0 fully saturated rings. The molecular weight excluding hydrogens is 219 g/mol. The van der Waals surface area contributed by atoms with E-state index < -0.39 is 0 Å². The average Bonchev–Trinajstić information content (AvgIpc) is 2.71. The van der Waals surface area contributed by atoms with Crippen LogP contribution in [0, 0.1) is 5.82 Å². The minimum Gasteiger partial charge on any atom is -0.382 e. The van der Waals surface area contributed by atoms with Crippen LogP contribution in [0.15, 0.2) is 36.5 Å². The predicted octanol–water partition coefficient (Wildman–Crippen LogP) is 2.35. The molecule has 0 bridgehead atoms. The van der Waals surface area contributed by atoms with Crippen molar-refractivity contribution < 1.29 is 4.39 Å². The Hall–Kier alpha value is -2.43. The summed E-state index contributed by atoms with van der Waals surface area (Å²) in [6.07, 6.45) is 1.56. The molecule has 3 N–H and O–H groups in total. The van der Waals surface area contributed by atoms with E-state index in [-0.39, 0.29) is 5.82 Å². The normalized spacial score (nSPS) is 10.9. The lowest BCUT2D eigenvalue weighted by Crippen LogP contribution is -1.88. The quantitative estimate of drug-likeness (QED) is 0.671. The van der Waals surface area contributed by atoms with E-state index in [9.17, 15) is 4.39 Å². The standard InChI is InChI=1S/C12H9FN4/c13-9-2-1-5-15-11(9)7-3-4-10-8(6-7)12(14)17-16-10/h1-6H,(H3,14,16,17). The molecule has 3 aromatic rings. The molecule has 0 aliphatic rings. The number of nitrogen functional groups attached to an aromatic ring is 1. The molecule has 1 aromatic carbocycles. The van der Waals surface area contributed by atoms with Crippen LogP contribution in [0.5, 0.6) is 0 Å². The van der Waals surface area contributed by atoms with E-state index >= 15 is 0 Å². The molecule has 0 amide bonds. The highest BCUT2D eigenvalue weighted by atomic mass is 19.1. The van der Waals surface area contributed by atoms with Crippen molar-refractivity contribution in [2.24, 2.45) is 0 Å². The summed E-state index contributed by atoms with van der Waals surface area (Å²) in [5, 5.41) is 7.45. The van der Waals surface area contributed by atoms with Crippen LogP contribution in [0.25, 0.3) is 22.2 Å². The Morgan fingerprint density at radius 2 is 2.12 bits per heavy atom. The van der Waals surface area contributed by atoms with Gasteiger partial charge in [0.05, 0.1) is 5.52 Å². The van der Waals surface area contributed by atoms with Crippen molar-refractivity contribution >= 4 is 16.7 Å². The molecule has 2 aromatic heterocycles. The van der Waals surface area contributed by atoms with Crippen LogP contribution in [0.3, 0.4) is 0 Å². The van der Waals surface area contributed by atoms with Crippen molar-refractivity contribution in [1.82, 2.24) is 15.2 Å². The van der Waals surface area contributed by atoms with Gasteiger partial charge in [-0.15, -0.1) is 0 Å². The first-order valence-corrected chi connectivity index (χ1v) is 5.10. The van der Waals surface area contributed by atoms with Crippen molar-refractivity contribution in [2.45, 2.75) is 0 Å². The van der Waals surface area contributed by atoms with E-state index in [1.54, 1.807) is 24.4 Å². The number of aromatic nitrogens is 3. The topological polar surface area (TPSA) is 67.6 Å². The van der Waals surface area contributed by atoms with Gasteiger partial charge in [0.15, 0.2) is 5.82 Å². The maximum atomic E-state index is 13.6. The fourth-order valence-electron chi connectivity index (χ4n) is 1.78. The lowest BCUT2D eigenvalue weighted by atomic mass is 10.1. The van der Waals surface area contributed by atoms with Gasteiger partial charge in [0.1, 0.15) is 11.5 Å². The minimum absolute atomic E-state index is 0.315. The molecule has 3 rings (SSSR count). The van der Waals surface area contributed by atoms with Crippen LogP contribution in [0.4, 0.5) is 10.2 Å². The van der Waals surface area contributed by atoms with Crippen LogP contribution in [0.2, 0.25) is 0 Å². The zero-order chi connectivity index (χ0) is 11.8. The number of nitrogens with zero attached hydrogens (tertiary/aromatic N) is 2. The summed E-state index contributed by atoms with van der Waals surface area (Å²) in [6, 6.07) is 8.31. The van der Waals surface area contributed by atoms with Gasteiger partial charge in [-0.2, -0.15) is 5.10 Å². The maximum Gasteiger partial charge on any atom is 0.153 e. The lowest BCUT2D eigenvalue weighted by molar-refractivity contribution is 0.626. The number of pyridine rings is 1. The van der Waals surface area contributed by atoms with Gasteiger partial charge in [0.25, 0.3) is 0 Å². The Bertz CT molecular complexity index is 690. The first-order chi connectivity index (χ1) is 8.25. The predicted molar refractivity (Wildman–Crippen MR) is 63.7 cm³/mol. The number of aromatic amines is 1. The van der Waals surface area contributed by atoms with Gasteiger partial charge in [-0.3, -0.25) is 10.1 Å². The zero-order valence-electron chi connectivity index (χ0n) is 8.81. The second-order valence-electron chi connectivity index (χ2n) is 3.70. The number of nitrogens with two attached hydrogens (primary N) is 1. The minimum atomic E-state index is -0.353. The number of anilines is 1. The number of fused-ring (bicyclic) bond motifs is 1. The fourth-order valence-corrected chi connectivity index (χ4v) is 1.78. The monoisotopic (exact) mass is 228 g/mol.